The van der Waals surface area contributed by atoms with E-state index in [0.717, 1.165) is 40.4 Å². The van der Waals surface area contributed by atoms with Crippen LogP contribution in [0.25, 0.3) is 22.1 Å². The van der Waals surface area contributed by atoms with Gasteiger partial charge in [-0.2, -0.15) is 0 Å². The average Bonchev–Trinajstić information content (AvgIpc) is 2.78. The van der Waals surface area contributed by atoms with Crippen LogP contribution in [0.5, 0.6) is 0 Å². The van der Waals surface area contributed by atoms with Crippen LogP contribution in [-0.2, 0) is 11.3 Å². The van der Waals surface area contributed by atoms with E-state index in [1.54, 1.807) is 0 Å². The number of carbonyl (C=O) groups is 1. The summed E-state index contributed by atoms with van der Waals surface area (Å²) in [6, 6.07) is 7.94. The van der Waals surface area contributed by atoms with E-state index in [2.05, 4.69) is 19.7 Å². The van der Waals surface area contributed by atoms with Crippen molar-refractivity contribution in [1.29, 1.82) is 0 Å². The number of fused-ring (bicyclic) bond motifs is 3. The number of nitrogens with zero attached hydrogens (tertiary/aromatic N) is 4. The van der Waals surface area contributed by atoms with Gasteiger partial charge in [-0.3, -0.25) is 4.79 Å². The topological polar surface area (TPSA) is 80.9 Å². The fourth-order valence-electron chi connectivity index (χ4n) is 2.20. The molecule has 7 heteroatoms. The normalized spacial score (nSPS) is 11.2. The maximum absolute atomic E-state index is 10.6. The molecular weight excluding hydrogens is 276 g/mol. The van der Waals surface area contributed by atoms with Crippen LogP contribution >= 0.6 is 11.8 Å². The van der Waals surface area contributed by atoms with Gasteiger partial charge in [0.25, 0.3) is 0 Å². The number of carboxylic acid groups (broad SMARTS) is 1. The molecule has 0 saturated heterocycles. The standard InChI is InChI=1S/C13H12N4O2S/c1-2-17-9-6-4-3-5-8(9)11-12(17)14-13(16-15-11)20-7-10(18)19/h3-6H,2,7H2,1H3,(H,18,19). The number of carboxylic acids is 1. The van der Waals surface area contributed by atoms with Crippen LogP contribution in [0.15, 0.2) is 29.4 Å². The Labute approximate surface area is 118 Å². The van der Waals surface area contributed by atoms with Gasteiger partial charge in [0.1, 0.15) is 5.52 Å². The third kappa shape index (κ3) is 2.09. The number of aryl methyl sites for hydroxylation is 1. The molecule has 102 valence electrons. The third-order valence-electron chi connectivity index (χ3n) is 3.00. The van der Waals surface area contributed by atoms with Crippen molar-refractivity contribution in [3.8, 4) is 0 Å². The lowest BCUT2D eigenvalue weighted by Gasteiger charge is -2.02. The molecule has 0 amide bonds. The summed E-state index contributed by atoms with van der Waals surface area (Å²) in [7, 11) is 0. The van der Waals surface area contributed by atoms with E-state index in [-0.39, 0.29) is 5.75 Å². The van der Waals surface area contributed by atoms with Crippen molar-refractivity contribution < 1.29 is 9.90 Å². The highest BCUT2D eigenvalue weighted by molar-refractivity contribution is 7.99. The number of hydrogen-bond donors (Lipinski definition) is 1. The molecule has 0 aliphatic rings. The summed E-state index contributed by atoms with van der Waals surface area (Å²) >= 11 is 1.07. The molecule has 20 heavy (non-hydrogen) atoms. The summed E-state index contributed by atoms with van der Waals surface area (Å²) in [4.78, 5) is 15.0. The monoisotopic (exact) mass is 288 g/mol. The Kier molecular flexibility index (Phi) is 3.27. The summed E-state index contributed by atoms with van der Waals surface area (Å²) in [5.74, 6) is -0.964. The molecule has 0 aliphatic heterocycles. The summed E-state index contributed by atoms with van der Waals surface area (Å²) < 4.78 is 2.06. The zero-order chi connectivity index (χ0) is 14.1. The molecule has 0 atom stereocenters. The van der Waals surface area contributed by atoms with Crippen molar-refractivity contribution >= 4 is 39.8 Å². The van der Waals surface area contributed by atoms with Gasteiger partial charge in [0.15, 0.2) is 5.65 Å². The second-order valence-electron chi connectivity index (χ2n) is 4.21. The predicted octanol–water partition coefficient (Wildman–Crippen LogP) is 2.18. The number of hydrogen-bond acceptors (Lipinski definition) is 5. The number of rotatable bonds is 4. The Morgan fingerprint density at radius 3 is 2.90 bits per heavy atom. The summed E-state index contributed by atoms with van der Waals surface area (Å²) in [6.07, 6.45) is 0. The van der Waals surface area contributed by atoms with Gasteiger partial charge in [0.2, 0.25) is 5.16 Å². The van der Waals surface area contributed by atoms with Crippen molar-refractivity contribution in [2.24, 2.45) is 0 Å². The molecule has 0 aliphatic carbocycles. The molecule has 3 aromatic rings. The molecule has 2 heterocycles. The Morgan fingerprint density at radius 1 is 1.35 bits per heavy atom. The quantitative estimate of drug-likeness (QED) is 0.741. The Morgan fingerprint density at radius 2 is 2.15 bits per heavy atom. The second kappa shape index (κ2) is 5.09. The van der Waals surface area contributed by atoms with Crippen LogP contribution in [0.4, 0.5) is 0 Å². The fourth-order valence-corrected chi connectivity index (χ4v) is 2.70. The molecule has 0 fully saturated rings. The minimum absolute atomic E-state index is 0.0699. The SMILES string of the molecule is CCn1c2ccccc2c2nnc(SCC(=O)O)nc21. The van der Waals surface area contributed by atoms with Gasteiger partial charge < -0.3 is 9.67 Å². The highest BCUT2D eigenvalue weighted by atomic mass is 32.2. The molecule has 3 rings (SSSR count). The third-order valence-corrected chi connectivity index (χ3v) is 3.82. The summed E-state index contributed by atoms with van der Waals surface area (Å²) in [6.45, 7) is 2.81. The average molecular weight is 288 g/mol. The van der Waals surface area contributed by atoms with Crippen molar-refractivity contribution in [2.45, 2.75) is 18.6 Å². The lowest BCUT2D eigenvalue weighted by atomic mass is 10.2. The van der Waals surface area contributed by atoms with Crippen LogP contribution < -0.4 is 0 Å². The lowest BCUT2D eigenvalue weighted by molar-refractivity contribution is -0.133. The van der Waals surface area contributed by atoms with Gasteiger partial charge in [-0.05, 0) is 13.0 Å². The maximum Gasteiger partial charge on any atom is 0.313 e. The number of para-hydroxylation sites is 1. The Balaban J connectivity index is 2.17. The summed E-state index contributed by atoms with van der Waals surface area (Å²) in [5.41, 5.74) is 2.56. The first kappa shape index (κ1) is 12.9. The molecule has 6 nitrogen and oxygen atoms in total. The van der Waals surface area contributed by atoms with Crippen molar-refractivity contribution in [3.05, 3.63) is 24.3 Å². The van der Waals surface area contributed by atoms with Crippen molar-refractivity contribution in [2.75, 3.05) is 5.75 Å². The molecule has 2 aromatic heterocycles. The molecule has 0 spiro atoms. The second-order valence-corrected chi connectivity index (χ2v) is 5.15. The first-order valence-corrected chi connectivity index (χ1v) is 7.15. The lowest BCUT2D eigenvalue weighted by Crippen LogP contribution is -2.02. The number of aromatic nitrogens is 4. The zero-order valence-corrected chi connectivity index (χ0v) is 11.6. The van der Waals surface area contributed by atoms with Gasteiger partial charge in [0, 0.05) is 11.9 Å². The van der Waals surface area contributed by atoms with Crippen LogP contribution in [0.3, 0.4) is 0 Å². The van der Waals surface area contributed by atoms with Crippen LogP contribution in [0, 0.1) is 0 Å². The zero-order valence-electron chi connectivity index (χ0n) is 10.8. The van der Waals surface area contributed by atoms with E-state index in [9.17, 15) is 4.79 Å². The van der Waals surface area contributed by atoms with Gasteiger partial charge >= 0.3 is 5.97 Å². The van der Waals surface area contributed by atoms with E-state index in [4.69, 9.17) is 5.11 Å². The van der Waals surface area contributed by atoms with Crippen molar-refractivity contribution in [1.82, 2.24) is 19.7 Å². The van der Waals surface area contributed by atoms with E-state index in [1.807, 2.05) is 31.2 Å². The highest BCUT2D eigenvalue weighted by Crippen LogP contribution is 2.26. The van der Waals surface area contributed by atoms with Crippen LogP contribution in [-0.4, -0.2) is 36.6 Å². The fraction of sp³-hybridized carbons (Fsp3) is 0.231. The molecule has 1 aromatic carbocycles. The largest absolute Gasteiger partial charge is 0.481 e. The van der Waals surface area contributed by atoms with E-state index < -0.39 is 5.97 Å². The van der Waals surface area contributed by atoms with Gasteiger partial charge in [0.05, 0.1) is 11.3 Å². The van der Waals surface area contributed by atoms with E-state index >= 15 is 0 Å². The first-order chi connectivity index (χ1) is 9.70. The number of benzene rings is 1. The maximum atomic E-state index is 10.6. The molecule has 0 unspecified atom stereocenters. The van der Waals surface area contributed by atoms with Crippen LogP contribution in [0.2, 0.25) is 0 Å². The van der Waals surface area contributed by atoms with Crippen LogP contribution in [0.1, 0.15) is 6.92 Å². The Bertz CT molecular complexity index is 800. The Hall–Kier alpha value is -2.15. The summed E-state index contributed by atoms with van der Waals surface area (Å²) in [5, 5.41) is 18.3. The van der Waals surface area contributed by atoms with Gasteiger partial charge in [-0.1, -0.05) is 30.0 Å². The smallest absolute Gasteiger partial charge is 0.313 e. The van der Waals surface area contributed by atoms with E-state index in [0.29, 0.717) is 5.16 Å². The molecule has 0 radical (unpaired) electrons. The minimum Gasteiger partial charge on any atom is -0.481 e. The first-order valence-electron chi connectivity index (χ1n) is 6.17. The predicted molar refractivity (Wildman–Crippen MR) is 76.9 cm³/mol. The highest BCUT2D eigenvalue weighted by Gasteiger charge is 2.14. The number of aliphatic carboxylic acids is 1. The van der Waals surface area contributed by atoms with Gasteiger partial charge in [-0.25, -0.2) is 4.98 Å². The molecular formula is C13H12N4O2S. The van der Waals surface area contributed by atoms with E-state index in [1.165, 1.54) is 0 Å². The van der Waals surface area contributed by atoms with Crippen molar-refractivity contribution in [3.63, 3.8) is 0 Å². The minimum atomic E-state index is -0.894. The molecule has 0 saturated carbocycles. The number of thioether (sulfide) groups is 1. The van der Waals surface area contributed by atoms with Gasteiger partial charge in [-0.15, -0.1) is 10.2 Å². The molecule has 0 bridgehead atoms. The molecule has 1 N–H and O–H groups in total.